The molecule has 1 atom stereocenters. The van der Waals surface area contributed by atoms with Gasteiger partial charge in [-0.2, -0.15) is 0 Å². The molecule has 2 heterocycles. The number of furan rings is 1. The van der Waals surface area contributed by atoms with Gasteiger partial charge in [0, 0.05) is 10.9 Å². The van der Waals surface area contributed by atoms with E-state index in [1.54, 1.807) is 0 Å². The number of aromatic nitrogens is 1. The Hall–Kier alpha value is -2.15. The standard InChI is InChI=1S/C13H14N2O4S/c1-6-11(20-8(3)14-6)7(2)15-12(16)10-4-9(5-19-10)13(17)18/h4-5,7H,1-3H3,(H,15,16)(H,17,18). The minimum Gasteiger partial charge on any atom is -0.478 e. The number of carboxylic acids is 1. The molecule has 0 saturated heterocycles. The van der Waals surface area contributed by atoms with Crippen molar-refractivity contribution in [2.45, 2.75) is 26.8 Å². The molecule has 2 aromatic heterocycles. The Morgan fingerprint density at radius 2 is 2.15 bits per heavy atom. The van der Waals surface area contributed by atoms with Crippen molar-refractivity contribution in [2.75, 3.05) is 0 Å². The van der Waals surface area contributed by atoms with E-state index < -0.39 is 11.9 Å². The quantitative estimate of drug-likeness (QED) is 0.904. The number of carboxylic acid groups (broad SMARTS) is 1. The van der Waals surface area contributed by atoms with Crippen LogP contribution >= 0.6 is 11.3 Å². The monoisotopic (exact) mass is 294 g/mol. The van der Waals surface area contributed by atoms with E-state index in [-0.39, 0.29) is 17.4 Å². The highest BCUT2D eigenvalue weighted by atomic mass is 32.1. The Balaban J connectivity index is 2.10. The fourth-order valence-corrected chi connectivity index (χ4v) is 2.78. The number of carbonyl (C=O) groups excluding carboxylic acids is 1. The average molecular weight is 294 g/mol. The summed E-state index contributed by atoms with van der Waals surface area (Å²) in [6, 6.07) is 0.988. The highest BCUT2D eigenvalue weighted by molar-refractivity contribution is 7.11. The van der Waals surface area contributed by atoms with Crippen LogP contribution in [0.15, 0.2) is 16.7 Å². The summed E-state index contributed by atoms with van der Waals surface area (Å²) in [7, 11) is 0. The topological polar surface area (TPSA) is 92.4 Å². The Kier molecular flexibility index (Phi) is 3.89. The van der Waals surface area contributed by atoms with Gasteiger partial charge in [0.15, 0.2) is 5.76 Å². The van der Waals surface area contributed by atoms with Crippen molar-refractivity contribution in [3.8, 4) is 0 Å². The predicted molar refractivity (Wildman–Crippen MR) is 73.1 cm³/mol. The van der Waals surface area contributed by atoms with Gasteiger partial charge in [0.1, 0.15) is 6.26 Å². The number of nitrogens with one attached hydrogen (secondary N) is 1. The number of carbonyl (C=O) groups is 2. The normalized spacial score (nSPS) is 12.2. The third-order valence-corrected chi connectivity index (χ3v) is 4.01. The molecule has 0 aromatic carbocycles. The van der Waals surface area contributed by atoms with Gasteiger partial charge in [0.2, 0.25) is 0 Å². The van der Waals surface area contributed by atoms with Crippen molar-refractivity contribution in [3.63, 3.8) is 0 Å². The lowest BCUT2D eigenvalue weighted by Crippen LogP contribution is -2.26. The van der Waals surface area contributed by atoms with E-state index in [1.165, 1.54) is 17.4 Å². The molecule has 2 aromatic rings. The Morgan fingerprint density at radius 3 is 2.65 bits per heavy atom. The SMILES string of the molecule is Cc1nc(C)c(C(C)NC(=O)c2cc(C(=O)O)co2)s1. The van der Waals surface area contributed by atoms with E-state index in [9.17, 15) is 9.59 Å². The molecule has 0 aliphatic heterocycles. The van der Waals surface area contributed by atoms with E-state index in [0.29, 0.717) is 0 Å². The first-order valence-electron chi connectivity index (χ1n) is 5.95. The minimum absolute atomic E-state index is 0.0202. The lowest BCUT2D eigenvalue weighted by molar-refractivity contribution is 0.0695. The number of hydrogen-bond donors (Lipinski definition) is 2. The second kappa shape index (κ2) is 5.46. The molecule has 2 N–H and O–H groups in total. The summed E-state index contributed by atoms with van der Waals surface area (Å²) in [6.45, 7) is 5.64. The van der Waals surface area contributed by atoms with E-state index >= 15 is 0 Å². The van der Waals surface area contributed by atoms with Crippen molar-refractivity contribution in [1.29, 1.82) is 0 Å². The molecule has 0 aliphatic rings. The number of thiazole rings is 1. The van der Waals surface area contributed by atoms with Gasteiger partial charge >= 0.3 is 5.97 Å². The maximum Gasteiger partial charge on any atom is 0.338 e. The maximum absolute atomic E-state index is 12.0. The van der Waals surface area contributed by atoms with Gasteiger partial charge in [0.25, 0.3) is 5.91 Å². The minimum atomic E-state index is -1.13. The van der Waals surface area contributed by atoms with Crippen LogP contribution in [-0.2, 0) is 0 Å². The van der Waals surface area contributed by atoms with Gasteiger partial charge in [-0.15, -0.1) is 11.3 Å². The molecule has 0 saturated carbocycles. The van der Waals surface area contributed by atoms with Crippen molar-refractivity contribution in [1.82, 2.24) is 10.3 Å². The van der Waals surface area contributed by atoms with Crippen LogP contribution in [0, 0.1) is 13.8 Å². The lowest BCUT2D eigenvalue weighted by Gasteiger charge is -2.11. The first-order chi connectivity index (χ1) is 9.38. The summed E-state index contributed by atoms with van der Waals surface area (Å²) < 4.78 is 4.95. The second-order valence-electron chi connectivity index (χ2n) is 4.38. The van der Waals surface area contributed by atoms with Crippen molar-refractivity contribution >= 4 is 23.2 Å². The summed E-state index contributed by atoms with van der Waals surface area (Å²) in [5.41, 5.74) is 0.832. The number of rotatable bonds is 4. The molecule has 0 radical (unpaired) electrons. The predicted octanol–water partition coefficient (Wildman–Crippen LogP) is 2.54. The van der Waals surface area contributed by atoms with Crippen LogP contribution in [0.3, 0.4) is 0 Å². The molecule has 7 heteroatoms. The third kappa shape index (κ3) is 2.88. The molecule has 20 heavy (non-hydrogen) atoms. The van der Waals surface area contributed by atoms with Gasteiger partial charge in [0.05, 0.1) is 22.3 Å². The lowest BCUT2D eigenvalue weighted by atomic mass is 10.2. The molecule has 1 unspecified atom stereocenters. The van der Waals surface area contributed by atoms with Crippen LogP contribution in [0.25, 0.3) is 0 Å². The van der Waals surface area contributed by atoms with Gasteiger partial charge in [-0.05, 0) is 20.8 Å². The average Bonchev–Trinajstić information content (AvgIpc) is 2.95. The highest BCUT2D eigenvalue weighted by Crippen LogP contribution is 2.24. The van der Waals surface area contributed by atoms with Crippen LogP contribution in [0.2, 0.25) is 0 Å². The Morgan fingerprint density at radius 1 is 1.45 bits per heavy atom. The summed E-state index contributed by atoms with van der Waals surface area (Å²) in [5, 5.41) is 12.5. The molecule has 0 fully saturated rings. The molecule has 0 aliphatic carbocycles. The Bertz CT molecular complexity index is 659. The summed E-state index contributed by atoms with van der Waals surface area (Å²) in [6.07, 6.45) is 1.05. The maximum atomic E-state index is 12.0. The Labute approximate surface area is 119 Å². The van der Waals surface area contributed by atoms with Crippen molar-refractivity contribution < 1.29 is 19.1 Å². The van der Waals surface area contributed by atoms with Gasteiger partial charge in [-0.25, -0.2) is 9.78 Å². The van der Waals surface area contributed by atoms with E-state index in [0.717, 1.165) is 21.8 Å². The number of aromatic carboxylic acids is 1. The zero-order valence-electron chi connectivity index (χ0n) is 11.3. The van der Waals surface area contributed by atoms with Crippen LogP contribution in [-0.4, -0.2) is 22.0 Å². The number of hydrogen-bond acceptors (Lipinski definition) is 5. The smallest absolute Gasteiger partial charge is 0.338 e. The fraction of sp³-hybridized carbons (Fsp3) is 0.308. The summed E-state index contributed by atoms with van der Waals surface area (Å²) in [5.74, 6) is -1.60. The van der Waals surface area contributed by atoms with Crippen molar-refractivity contribution in [3.05, 3.63) is 39.2 Å². The zero-order valence-corrected chi connectivity index (χ0v) is 12.1. The van der Waals surface area contributed by atoms with E-state index in [1.807, 2.05) is 20.8 Å². The van der Waals surface area contributed by atoms with Crippen molar-refractivity contribution in [2.24, 2.45) is 0 Å². The molecule has 106 valence electrons. The molecular formula is C13H14N2O4S. The molecular weight excluding hydrogens is 280 g/mol. The summed E-state index contributed by atoms with van der Waals surface area (Å²) >= 11 is 1.52. The second-order valence-corrected chi connectivity index (χ2v) is 5.62. The van der Waals surface area contributed by atoms with Gasteiger partial charge in [-0.1, -0.05) is 0 Å². The molecule has 6 nitrogen and oxygen atoms in total. The number of nitrogens with zero attached hydrogens (tertiary/aromatic N) is 1. The first-order valence-corrected chi connectivity index (χ1v) is 6.76. The van der Waals surface area contributed by atoms with Crippen LogP contribution < -0.4 is 5.32 Å². The van der Waals surface area contributed by atoms with Gasteiger partial charge in [-0.3, -0.25) is 4.79 Å². The van der Waals surface area contributed by atoms with E-state index in [2.05, 4.69) is 10.3 Å². The highest BCUT2D eigenvalue weighted by Gasteiger charge is 2.19. The van der Waals surface area contributed by atoms with Crippen LogP contribution in [0.4, 0.5) is 0 Å². The van der Waals surface area contributed by atoms with Gasteiger partial charge < -0.3 is 14.8 Å². The summed E-state index contributed by atoms with van der Waals surface area (Å²) in [4.78, 5) is 28.0. The molecule has 0 spiro atoms. The molecule has 2 rings (SSSR count). The fourth-order valence-electron chi connectivity index (χ4n) is 1.85. The van der Waals surface area contributed by atoms with E-state index in [4.69, 9.17) is 9.52 Å². The third-order valence-electron chi connectivity index (χ3n) is 2.75. The number of amides is 1. The largest absolute Gasteiger partial charge is 0.478 e. The zero-order chi connectivity index (χ0) is 14.9. The van der Waals surface area contributed by atoms with Crippen LogP contribution in [0.1, 0.15) is 49.5 Å². The first kappa shape index (κ1) is 14.3. The number of aryl methyl sites for hydroxylation is 2. The van der Waals surface area contributed by atoms with Crippen LogP contribution in [0.5, 0.6) is 0 Å². The molecule has 1 amide bonds. The molecule has 0 bridgehead atoms.